The van der Waals surface area contributed by atoms with Gasteiger partial charge in [-0.1, -0.05) is 45.9 Å². The second-order valence-electron chi connectivity index (χ2n) is 13.0. The summed E-state index contributed by atoms with van der Waals surface area (Å²) in [6, 6.07) is 12.6. The molecular formula is C30H40BIN2O4. The SMILES string of the molecule is CC(=O)N1CC(C)(C)c2ccc(B3OC(C)(C)C(C)(C)O3)cc21.CC(=O)N1CC(C)(C)c2ccc(I)cc21. The largest absolute Gasteiger partial charge is 0.494 e. The lowest BCUT2D eigenvalue weighted by Crippen LogP contribution is -2.41. The van der Waals surface area contributed by atoms with Crippen molar-refractivity contribution in [1.82, 2.24) is 0 Å². The van der Waals surface area contributed by atoms with Gasteiger partial charge >= 0.3 is 7.12 Å². The molecule has 3 heterocycles. The third-order valence-corrected chi connectivity index (χ3v) is 9.08. The standard InChI is InChI=1S/C18H26BNO3.C12H14INO/c1-12(21)20-11-16(2,3)14-9-8-13(10-15(14)20)19-22-17(4,5)18(6,7)23-19;1-8(15)14-7-12(2,3)10-5-4-9(13)6-11(10)14/h8-10H,11H2,1-7H3;4-6H,7H2,1-3H3. The van der Waals surface area contributed by atoms with E-state index in [1.807, 2.05) is 43.6 Å². The number of fused-ring (bicyclic) bond motifs is 2. The maximum atomic E-state index is 12.0. The molecule has 0 bridgehead atoms. The van der Waals surface area contributed by atoms with Gasteiger partial charge in [0, 0.05) is 52.7 Å². The van der Waals surface area contributed by atoms with Crippen molar-refractivity contribution in [3.05, 3.63) is 51.1 Å². The number of hydrogen-bond donors (Lipinski definition) is 0. The third kappa shape index (κ3) is 5.16. The molecule has 0 aromatic heterocycles. The molecule has 0 radical (unpaired) electrons. The summed E-state index contributed by atoms with van der Waals surface area (Å²) < 4.78 is 13.4. The van der Waals surface area contributed by atoms with Crippen LogP contribution < -0.4 is 15.3 Å². The fourth-order valence-corrected chi connectivity index (χ4v) is 5.94. The average molecular weight is 630 g/mol. The molecule has 3 aliphatic rings. The van der Waals surface area contributed by atoms with Gasteiger partial charge in [0.25, 0.3) is 0 Å². The molecular weight excluding hydrogens is 590 g/mol. The number of hydrogen-bond acceptors (Lipinski definition) is 4. The van der Waals surface area contributed by atoms with Crippen LogP contribution in [-0.4, -0.2) is 43.2 Å². The second-order valence-corrected chi connectivity index (χ2v) is 14.3. The fraction of sp³-hybridized carbons (Fsp3) is 0.533. The number of nitrogens with zero attached hydrogens (tertiary/aromatic N) is 2. The molecule has 0 saturated carbocycles. The van der Waals surface area contributed by atoms with E-state index in [0.29, 0.717) is 6.54 Å². The molecule has 1 saturated heterocycles. The number of halogens is 1. The Kier molecular flexibility index (Phi) is 7.37. The van der Waals surface area contributed by atoms with Gasteiger partial charge in [0.2, 0.25) is 11.8 Å². The van der Waals surface area contributed by atoms with Crippen LogP contribution >= 0.6 is 22.6 Å². The minimum absolute atomic E-state index is 0.0323. The Morgan fingerprint density at radius 2 is 1.16 bits per heavy atom. The molecule has 5 rings (SSSR count). The minimum Gasteiger partial charge on any atom is -0.399 e. The molecule has 2 amide bonds. The van der Waals surface area contributed by atoms with E-state index in [-0.39, 0.29) is 33.8 Å². The first kappa shape index (κ1) is 29.1. The van der Waals surface area contributed by atoms with Crippen molar-refractivity contribution in [2.24, 2.45) is 0 Å². The number of anilines is 2. The number of amides is 2. The zero-order valence-corrected chi connectivity index (χ0v) is 26.5. The Morgan fingerprint density at radius 3 is 1.61 bits per heavy atom. The zero-order chi connectivity index (χ0) is 28.4. The van der Waals surface area contributed by atoms with E-state index in [2.05, 4.69) is 80.6 Å². The Labute approximate surface area is 241 Å². The highest BCUT2D eigenvalue weighted by Gasteiger charge is 2.52. The Morgan fingerprint density at radius 1 is 0.737 bits per heavy atom. The van der Waals surface area contributed by atoms with E-state index in [1.54, 1.807) is 13.8 Å². The molecule has 0 unspecified atom stereocenters. The second kappa shape index (κ2) is 9.63. The monoisotopic (exact) mass is 630 g/mol. The van der Waals surface area contributed by atoms with Crippen LogP contribution in [0.5, 0.6) is 0 Å². The molecule has 3 aliphatic heterocycles. The molecule has 6 nitrogen and oxygen atoms in total. The summed E-state index contributed by atoms with van der Waals surface area (Å²) in [4.78, 5) is 27.3. The van der Waals surface area contributed by atoms with E-state index >= 15 is 0 Å². The molecule has 0 N–H and O–H groups in total. The van der Waals surface area contributed by atoms with Crippen molar-refractivity contribution in [2.75, 3.05) is 22.9 Å². The quantitative estimate of drug-likeness (QED) is 0.306. The van der Waals surface area contributed by atoms with Crippen LogP contribution in [0, 0.1) is 3.57 Å². The van der Waals surface area contributed by atoms with Crippen molar-refractivity contribution >= 4 is 58.4 Å². The Bertz CT molecular complexity index is 1270. The minimum atomic E-state index is -0.400. The van der Waals surface area contributed by atoms with Gasteiger partial charge in [0.1, 0.15) is 0 Å². The Hall–Kier alpha value is -1.91. The first-order valence-electron chi connectivity index (χ1n) is 13.2. The normalized spacial score (nSPS) is 21.5. The molecule has 2 aromatic rings. The summed E-state index contributed by atoms with van der Waals surface area (Å²) in [6.45, 7) is 21.6. The van der Waals surface area contributed by atoms with Crippen LogP contribution in [0.15, 0.2) is 36.4 Å². The molecule has 204 valence electrons. The van der Waals surface area contributed by atoms with Gasteiger partial charge in [-0.05, 0) is 85.1 Å². The van der Waals surface area contributed by atoms with Crippen LogP contribution in [0.2, 0.25) is 0 Å². The molecule has 0 spiro atoms. The molecule has 0 atom stereocenters. The van der Waals surface area contributed by atoms with E-state index in [4.69, 9.17) is 9.31 Å². The summed E-state index contributed by atoms with van der Waals surface area (Å²) in [5, 5.41) is 0. The highest BCUT2D eigenvalue weighted by molar-refractivity contribution is 14.1. The van der Waals surface area contributed by atoms with Crippen LogP contribution in [0.1, 0.15) is 80.4 Å². The molecule has 38 heavy (non-hydrogen) atoms. The summed E-state index contributed by atoms with van der Waals surface area (Å²) >= 11 is 2.28. The van der Waals surface area contributed by atoms with Crippen molar-refractivity contribution in [2.45, 2.75) is 91.3 Å². The molecule has 8 heteroatoms. The summed E-state index contributed by atoms with van der Waals surface area (Å²) in [5.41, 5.74) is 4.82. The number of carbonyl (C=O) groups is 2. The first-order valence-corrected chi connectivity index (χ1v) is 14.3. The van der Waals surface area contributed by atoms with Gasteiger partial charge in [0.15, 0.2) is 0 Å². The lowest BCUT2D eigenvalue weighted by Gasteiger charge is -2.32. The van der Waals surface area contributed by atoms with Gasteiger partial charge in [-0.2, -0.15) is 0 Å². The lowest BCUT2D eigenvalue weighted by atomic mass is 9.77. The molecule has 2 aromatic carbocycles. The first-order chi connectivity index (χ1) is 17.4. The van der Waals surface area contributed by atoms with Gasteiger partial charge in [-0.15, -0.1) is 0 Å². The van der Waals surface area contributed by atoms with Gasteiger partial charge in [-0.3, -0.25) is 9.59 Å². The van der Waals surface area contributed by atoms with E-state index in [1.165, 1.54) is 14.7 Å². The van der Waals surface area contributed by atoms with E-state index in [9.17, 15) is 9.59 Å². The topological polar surface area (TPSA) is 59.1 Å². The maximum Gasteiger partial charge on any atom is 0.494 e. The van der Waals surface area contributed by atoms with Gasteiger partial charge < -0.3 is 19.1 Å². The highest BCUT2D eigenvalue weighted by atomic mass is 127. The van der Waals surface area contributed by atoms with Crippen LogP contribution in [0.25, 0.3) is 0 Å². The van der Waals surface area contributed by atoms with Crippen LogP contribution in [-0.2, 0) is 29.7 Å². The lowest BCUT2D eigenvalue weighted by molar-refractivity contribution is -0.117. The van der Waals surface area contributed by atoms with Gasteiger partial charge in [0.05, 0.1) is 11.2 Å². The maximum absolute atomic E-state index is 12.0. The zero-order valence-electron chi connectivity index (χ0n) is 24.4. The van der Waals surface area contributed by atoms with E-state index in [0.717, 1.165) is 23.4 Å². The van der Waals surface area contributed by atoms with Crippen LogP contribution in [0.3, 0.4) is 0 Å². The van der Waals surface area contributed by atoms with Crippen molar-refractivity contribution < 1.29 is 18.9 Å². The van der Waals surface area contributed by atoms with Crippen molar-refractivity contribution in [1.29, 1.82) is 0 Å². The summed E-state index contributed by atoms with van der Waals surface area (Å²) in [5.74, 6) is 0.201. The smallest absolute Gasteiger partial charge is 0.399 e. The number of carbonyl (C=O) groups excluding carboxylic acids is 2. The fourth-order valence-electron chi connectivity index (χ4n) is 5.46. The van der Waals surface area contributed by atoms with Crippen molar-refractivity contribution in [3.8, 4) is 0 Å². The number of rotatable bonds is 1. The van der Waals surface area contributed by atoms with E-state index < -0.39 is 7.12 Å². The average Bonchev–Trinajstić information content (AvgIpc) is 3.31. The predicted octanol–water partition coefficient (Wildman–Crippen LogP) is 5.57. The summed E-state index contributed by atoms with van der Waals surface area (Å²) in [6.07, 6.45) is 0. The number of benzene rings is 2. The Balaban J connectivity index is 0.000000194. The van der Waals surface area contributed by atoms with Crippen molar-refractivity contribution in [3.63, 3.8) is 0 Å². The third-order valence-electron chi connectivity index (χ3n) is 8.41. The summed E-state index contributed by atoms with van der Waals surface area (Å²) in [7, 11) is -0.400. The van der Waals surface area contributed by atoms with Crippen LogP contribution in [0.4, 0.5) is 11.4 Å². The van der Waals surface area contributed by atoms with Gasteiger partial charge in [-0.25, -0.2) is 0 Å². The molecule has 1 fully saturated rings. The highest BCUT2D eigenvalue weighted by Crippen LogP contribution is 2.42. The predicted molar refractivity (Wildman–Crippen MR) is 163 cm³/mol. The molecule has 0 aliphatic carbocycles.